The smallest absolute Gasteiger partial charge is 0.123 e. The van der Waals surface area contributed by atoms with E-state index in [1.807, 2.05) is 12.1 Å². The SMILES string of the molecule is CCCCN1CCN(c2ccc(F)cc2C2CC(C)(C)CC(C)(C)C2)CC1.Cl. The van der Waals surface area contributed by atoms with Crippen molar-refractivity contribution in [3.63, 3.8) is 0 Å². The zero-order valence-corrected chi connectivity index (χ0v) is 19.4. The largest absolute Gasteiger partial charge is 0.369 e. The molecule has 2 nitrogen and oxygen atoms in total. The number of unbranched alkanes of at least 4 members (excludes halogenated alkanes) is 1. The third kappa shape index (κ3) is 5.86. The second-order valence-electron chi connectivity index (χ2n) is 10.5. The zero-order chi connectivity index (χ0) is 19.7. The van der Waals surface area contributed by atoms with Crippen LogP contribution in [0.15, 0.2) is 18.2 Å². The van der Waals surface area contributed by atoms with Crippen LogP contribution in [0.5, 0.6) is 0 Å². The quantitative estimate of drug-likeness (QED) is 0.547. The Morgan fingerprint density at radius 2 is 1.61 bits per heavy atom. The molecule has 4 heteroatoms. The van der Waals surface area contributed by atoms with Gasteiger partial charge in [-0.2, -0.15) is 0 Å². The molecule has 0 unspecified atom stereocenters. The van der Waals surface area contributed by atoms with E-state index in [1.54, 1.807) is 6.07 Å². The van der Waals surface area contributed by atoms with Crippen LogP contribution >= 0.6 is 12.4 Å². The normalized spacial score (nSPS) is 22.7. The fraction of sp³-hybridized carbons (Fsp3) is 0.750. The lowest BCUT2D eigenvalue weighted by atomic mass is 9.60. The number of rotatable bonds is 5. The van der Waals surface area contributed by atoms with E-state index in [-0.39, 0.29) is 18.2 Å². The summed E-state index contributed by atoms with van der Waals surface area (Å²) < 4.78 is 14.2. The average molecular weight is 411 g/mol. The second kappa shape index (κ2) is 9.34. The highest BCUT2D eigenvalue weighted by Gasteiger charge is 2.40. The molecule has 0 amide bonds. The summed E-state index contributed by atoms with van der Waals surface area (Å²) in [7, 11) is 0. The van der Waals surface area contributed by atoms with Crippen molar-refractivity contribution >= 4 is 18.1 Å². The van der Waals surface area contributed by atoms with E-state index in [0.29, 0.717) is 16.7 Å². The Kier molecular flexibility index (Phi) is 7.83. The first kappa shape index (κ1) is 23.5. The van der Waals surface area contributed by atoms with Crippen molar-refractivity contribution < 1.29 is 4.39 Å². The third-order valence-electron chi connectivity index (χ3n) is 6.53. The first-order chi connectivity index (χ1) is 12.7. The van der Waals surface area contributed by atoms with Crippen LogP contribution in [0.2, 0.25) is 0 Å². The van der Waals surface area contributed by atoms with Gasteiger partial charge in [-0.15, -0.1) is 12.4 Å². The monoisotopic (exact) mass is 410 g/mol. The highest BCUT2D eigenvalue weighted by molar-refractivity contribution is 5.85. The minimum Gasteiger partial charge on any atom is -0.369 e. The molecular formula is C24H40ClFN2. The van der Waals surface area contributed by atoms with Crippen LogP contribution in [0.4, 0.5) is 10.1 Å². The minimum atomic E-state index is -0.0866. The molecule has 1 aromatic rings. The summed E-state index contributed by atoms with van der Waals surface area (Å²) in [6, 6.07) is 5.53. The van der Waals surface area contributed by atoms with Gasteiger partial charge in [0.25, 0.3) is 0 Å². The number of piperazine rings is 1. The maximum atomic E-state index is 14.2. The van der Waals surface area contributed by atoms with Gasteiger partial charge in [0.1, 0.15) is 5.82 Å². The minimum absolute atomic E-state index is 0. The predicted molar refractivity (Wildman–Crippen MR) is 121 cm³/mol. The van der Waals surface area contributed by atoms with Crippen LogP contribution in [-0.4, -0.2) is 37.6 Å². The summed E-state index contributed by atoms with van der Waals surface area (Å²) in [6.45, 7) is 17.4. The van der Waals surface area contributed by atoms with Crippen molar-refractivity contribution in [2.75, 3.05) is 37.6 Å². The van der Waals surface area contributed by atoms with Gasteiger partial charge in [-0.1, -0.05) is 41.0 Å². The fourth-order valence-corrected chi connectivity index (χ4v) is 5.80. The van der Waals surface area contributed by atoms with E-state index in [0.717, 1.165) is 39.0 Å². The molecule has 1 aromatic carbocycles. The molecule has 2 fully saturated rings. The average Bonchev–Trinajstić information content (AvgIpc) is 2.58. The number of hydrogen-bond donors (Lipinski definition) is 0. The van der Waals surface area contributed by atoms with Crippen LogP contribution in [0, 0.1) is 16.6 Å². The van der Waals surface area contributed by atoms with Crippen molar-refractivity contribution in [2.24, 2.45) is 10.8 Å². The number of halogens is 2. The number of anilines is 1. The van der Waals surface area contributed by atoms with Crippen LogP contribution < -0.4 is 4.90 Å². The molecular weight excluding hydrogens is 371 g/mol. The number of hydrogen-bond acceptors (Lipinski definition) is 2. The molecule has 0 bridgehead atoms. The first-order valence-electron chi connectivity index (χ1n) is 11.0. The summed E-state index contributed by atoms with van der Waals surface area (Å²) >= 11 is 0. The van der Waals surface area contributed by atoms with E-state index in [4.69, 9.17) is 0 Å². The third-order valence-corrected chi connectivity index (χ3v) is 6.53. The highest BCUT2D eigenvalue weighted by Crippen LogP contribution is 2.53. The van der Waals surface area contributed by atoms with Crippen molar-refractivity contribution in [3.8, 4) is 0 Å². The molecule has 1 aliphatic heterocycles. The van der Waals surface area contributed by atoms with Crippen LogP contribution in [0.1, 0.15) is 78.2 Å². The van der Waals surface area contributed by atoms with E-state index >= 15 is 0 Å². The molecule has 1 saturated carbocycles. The molecule has 0 atom stereocenters. The zero-order valence-electron chi connectivity index (χ0n) is 18.6. The topological polar surface area (TPSA) is 6.48 Å². The summed E-state index contributed by atoms with van der Waals surface area (Å²) in [5.74, 6) is 0.365. The van der Waals surface area contributed by atoms with Crippen molar-refractivity contribution in [1.29, 1.82) is 0 Å². The number of benzene rings is 1. The van der Waals surface area contributed by atoms with Gasteiger partial charge in [-0.25, -0.2) is 4.39 Å². The Morgan fingerprint density at radius 1 is 1.00 bits per heavy atom. The van der Waals surface area contributed by atoms with Gasteiger partial charge in [-0.05, 0) is 72.7 Å². The lowest BCUT2D eigenvalue weighted by Crippen LogP contribution is -2.47. The summed E-state index contributed by atoms with van der Waals surface area (Å²) in [5, 5.41) is 0. The van der Waals surface area contributed by atoms with Gasteiger partial charge < -0.3 is 4.90 Å². The van der Waals surface area contributed by atoms with Crippen molar-refractivity contribution in [1.82, 2.24) is 4.90 Å². The molecule has 28 heavy (non-hydrogen) atoms. The molecule has 0 aromatic heterocycles. The second-order valence-corrected chi connectivity index (χ2v) is 10.5. The van der Waals surface area contributed by atoms with Gasteiger partial charge in [0.2, 0.25) is 0 Å². The van der Waals surface area contributed by atoms with E-state index in [2.05, 4.69) is 44.4 Å². The summed E-state index contributed by atoms with van der Waals surface area (Å²) in [4.78, 5) is 5.09. The Bertz CT molecular complexity index is 619. The van der Waals surface area contributed by atoms with E-state index in [1.165, 1.54) is 37.1 Å². The number of nitrogens with zero attached hydrogens (tertiary/aromatic N) is 2. The van der Waals surface area contributed by atoms with Crippen molar-refractivity contribution in [2.45, 2.75) is 72.6 Å². The van der Waals surface area contributed by atoms with Crippen molar-refractivity contribution in [3.05, 3.63) is 29.6 Å². The predicted octanol–water partition coefficient (Wildman–Crippen LogP) is 6.49. The standard InChI is InChI=1S/C24H39FN2.ClH/c1-6-7-10-26-11-13-27(14-12-26)22-9-8-20(25)15-21(22)19-16-23(2,3)18-24(4,5)17-19;/h8-9,15,19H,6-7,10-14,16-18H2,1-5H3;1H. The van der Waals surface area contributed by atoms with Gasteiger partial charge >= 0.3 is 0 Å². The molecule has 0 spiro atoms. The Labute approximate surface area is 178 Å². The molecule has 2 aliphatic rings. The summed E-state index contributed by atoms with van der Waals surface area (Å²) in [6.07, 6.45) is 6.10. The molecule has 1 aliphatic carbocycles. The first-order valence-corrected chi connectivity index (χ1v) is 11.0. The Hall–Kier alpha value is -0.800. The van der Waals surface area contributed by atoms with E-state index < -0.39 is 0 Å². The summed E-state index contributed by atoms with van der Waals surface area (Å²) in [5.41, 5.74) is 3.16. The maximum Gasteiger partial charge on any atom is 0.123 e. The van der Waals surface area contributed by atoms with Gasteiger partial charge in [0, 0.05) is 31.9 Å². The maximum absolute atomic E-state index is 14.2. The molecule has 1 saturated heterocycles. The van der Waals surface area contributed by atoms with Crippen LogP contribution in [0.3, 0.4) is 0 Å². The fourth-order valence-electron chi connectivity index (χ4n) is 5.80. The lowest BCUT2D eigenvalue weighted by molar-refractivity contribution is 0.0968. The Balaban J connectivity index is 0.00000280. The van der Waals surface area contributed by atoms with E-state index in [9.17, 15) is 4.39 Å². The lowest BCUT2D eigenvalue weighted by Gasteiger charge is -2.46. The Morgan fingerprint density at radius 3 is 2.18 bits per heavy atom. The highest BCUT2D eigenvalue weighted by atomic mass is 35.5. The molecule has 160 valence electrons. The van der Waals surface area contributed by atoms with Gasteiger partial charge in [0.05, 0.1) is 0 Å². The van der Waals surface area contributed by atoms with Crippen LogP contribution in [-0.2, 0) is 0 Å². The van der Waals surface area contributed by atoms with Crippen LogP contribution in [0.25, 0.3) is 0 Å². The van der Waals surface area contributed by atoms with Gasteiger partial charge in [0.15, 0.2) is 0 Å². The molecule has 1 heterocycles. The molecule has 0 radical (unpaired) electrons. The van der Waals surface area contributed by atoms with Gasteiger partial charge in [-0.3, -0.25) is 4.90 Å². The molecule has 0 N–H and O–H groups in total. The molecule has 3 rings (SSSR count).